The van der Waals surface area contributed by atoms with Crippen molar-refractivity contribution in [2.75, 3.05) is 10.6 Å². The van der Waals surface area contributed by atoms with Gasteiger partial charge in [-0.1, -0.05) is 78.9 Å². The molecule has 0 radical (unpaired) electrons. The molecule has 2 N–H and O–H groups in total. The van der Waals surface area contributed by atoms with E-state index in [2.05, 4.69) is 46.1 Å². The zero-order chi connectivity index (χ0) is 20.3. The minimum Gasteiger partial charge on any atom is -0.339 e. The Morgan fingerprint density at radius 2 is 1.50 bits per heavy atom. The predicted octanol–water partition coefficient (Wildman–Crippen LogP) is 5.19. The van der Waals surface area contributed by atoms with Crippen molar-refractivity contribution in [1.82, 2.24) is 9.78 Å². The number of nitrogens with zero attached hydrogens (tertiary/aromatic N) is 2. The summed E-state index contributed by atoms with van der Waals surface area (Å²) in [4.78, 5) is 13.0. The molecule has 5 nitrogen and oxygen atoms in total. The van der Waals surface area contributed by atoms with Crippen LogP contribution in [0.3, 0.4) is 0 Å². The SMILES string of the molecule is O=C(Nc1ccccc1)c1cnn2c1NC(c1ccccc1)=C[C@@H]2c1ccccc1. The van der Waals surface area contributed by atoms with Gasteiger partial charge in [0.1, 0.15) is 11.4 Å². The summed E-state index contributed by atoms with van der Waals surface area (Å²) >= 11 is 0. The third-order valence-electron chi connectivity index (χ3n) is 5.14. The van der Waals surface area contributed by atoms with E-state index in [-0.39, 0.29) is 11.9 Å². The summed E-state index contributed by atoms with van der Waals surface area (Å²) in [5.41, 5.74) is 4.36. The second-order valence-electron chi connectivity index (χ2n) is 7.10. The van der Waals surface area contributed by atoms with Crippen LogP contribution < -0.4 is 10.6 Å². The second kappa shape index (κ2) is 7.72. The molecule has 0 aliphatic carbocycles. The highest BCUT2D eigenvalue weighted by atomic mass is 16.1. The molecule has 5 rings (SSSR count). The first-order valence-corrected chi connectivity index (χ1v) is 9.83. The summed E-state index contributed by atoms with van der Waals surface area (Å²) in [6.07, 6.45) is 3.77. The maximum Gasteiger partial charge on any atom is 0.261 e. The summed E-state index contributed by atoms with van der Waals surface area (Å²) in [6, 6.07) is 29.6. The Labute approximate surface area is 174 Å². The van der Waals surface area contributed by atoms with Gasteiger partial charge in [0.2, 0.25) is 0 Å². The molecular weight excluding hydrogens is 372 g/mol. The van der Waals surface area contributed by atoms with Crippen LogP contribution in [0.2, 0.25) is 0 Å². The Kier molecular flexibility index (Phi) is 4.62. The number of nitrogens with one attached hydrogen (secondary N) is 2. The Morgan fingerprint density at radius 3 is 2.20 bits per heavy atom. The van der Waals surface area contributed by atoms with E-state index in [4.69, 9.17) is 0 Å². The van der Waals surface area contributed by atoms with Gasteiger partial charge in [-0.05, 0) is 29.3 Å². The van der Waals surface area contributed by atoms with Crippen LogP contribution in [0.5, 0.6) is 0 Å². The first kappa shape index (κ1) is 17.9. The van der Waals surface area contributed by atoms with Crippen molar-refractivity contribution in [2.45, 2.75) is 6.04 Å². The summed E-state index contributed by atoms with van der Waals surface area (Å²) in [6.45, 7) is 0. The molecule has 0 spiro atoms. The second-order valence-corrected chi connectivity index (χ2v) is 7.10. The number of benzene rings is 3. The van der Waals surface area contributed by atoms with Gasteiger partial charge in [-0.25, -0.2) is 4.68 Å². The van der Waals surface area contributed by atoms with E-state index < -0.39 is 0 Å². The average molecular weight is 392 g/mol. The summed E-state index contributed by atoms with van der Waals surface area (Å²) < 4.78 is 1.86. The van der Waals surface area contributed by atoms with E-state index in [0.717, 1.165) is 22.5 Å². The van der Waals surface area contributed by atoms with Crippen molar-refractivity contribution < 1.29 is 4.79 Å². The lowest BCUT2D eigenvalue weighted by Crippen LogP contribution is -2.22. The standard InChI is InChI=1S/C25H20N4O/c30-25(27-20-14-8-3-9-15-20)21-17-26-29-23(19-12-6-2-7-13-19)16-22(28-24(21)29)18-10-4-1-5-11-18/h1-17,23,28H,(H,27,30)/t23-/m1/s1. The monoisotopic (exact) mass is 392 g/mol. The van der Waals surface area contributed by atoms with Crippen LogP contribution >= 0.6 is 0 Å². The molecule has 4 aromatic rings. The van der Waals surface area contributed by atoms with Crippen LogP contribution in [0.15, 0.2) is 103 Å². The number of carbonyl (C=O) groups is 1. The Balaban J connectivity index is 1.56. The maximum atomic E-state index is 13.0. The van der Waals surface area contributed by atoms with Crippen LogP contribution in [-0.2, 0) is 0 Å². The highest BCUT2D eigenvalue weighted by Gasteiger charge is 2.27. The van der Waals surface area contributed by atoms with Gasteiger partial charge in [-0.3, -0.25) is 4.79 Å². The summed E-state index contributed by atoms with van der Waals surface area (Å²) in [5, 5.41) is 10.9. The summed E-state index contributed by atoms with van der Waals surface area (Å²) in [7, 11) is 0. The number of allylic oxidation sites excluding steroid dienone is 1. The zero-order valence-corrected chi connectivity index (χ0v) is 16.2. The number of amides is 1. The minimum atomic E-state index is -0.198. The lowest BCUT2D eigenvalue weighted by molar-refractivity contribution is 0.102. The number of rotatable bonds is 4. The van der Waals surface area contributed by atoms with Gasteiger partial charge in [-0.2, -0.15) is 5.10 Å². The molecule has 1 atom stereocenters. The molecule has 1 aliphatic heterocycles. The molecule has 146 valence electrons. The molecule has 5 heteroatoms. The number of hydrogen-bond donors (Lipinski definition) is 2. The quantitative estimate of drug-likeness (QED) is 0.502. The molecule has 1 aromatic heterocycles. The average Bonchev–Trinajstić information content (AvgIpc) is 3.24. The highest BCUT2D eigenvalue weighted by Crippen LogP contribution is 2.35. The Bertz CT molecular complexity index is 1200. The smallest absolute Gasteiger partial charge is 0.261 e. The van der Waals surface area contributed by atoms with Crippen molar-refractivity contribution in [3.63, 3.8) is 0 Å². The molecule has 30 heavy (non-hydrogen) atoms. The van der Waals surface area contributed by atoms with Crippen LogP contribution in [-0.4, -0.2) is 15.7 Å². The van der Waals surface area contributed by atoms with Gasteiger partial charge < -0.3 is 10.6 Å². The molecule has 1 amide bonds. The first-order chi connectivity index (χ1) is 14.8. The Hall–Kier alpha value is -4.12. The molecule has 2 heterocycles. The van der Waals surface area contributed by atoms with Gasteiger partial charge in [0.15, 0.2) is 0 Å². The summed E-state index contributed by atoms with van der Waals surface area (Å²) in [5.74, 6) is 0.481. The van der Waals surface area contributed by atoms with Gasteiger partial charge >= 0.3 is 0 Å². The third-order valence-corrected chi connectivity index (χ3v) is 5.14. The Morgan fingerprint density at radius 1 is 0.867 bits per heavy atom. The predicted molar refractivity (Wildman–Crippen MR) is 119 cm³/mol. The molecule has 1 aliphatic rings. The van der Waals surface area contributed by atoms with Gasteiger partial charge in [0.05, 0.1) is 12.2 Å². The van der Waals surface area contributed by atoms with Crippen LogP contribution in [0.4, 0.5) is 11.5 Å². The largest absolute Gasteiger partial charge is 0.339 e. The van der Waals surface area contributed by atoms with Crippen LogP contribution in [0, 0.1) is 0 Å². The van der Waals surface area contributed by atoms with Crippen LogP contribution in [0.25, 0.3) is 5.70 Å². The fourth-order valence-corrected chi connectivity index (χ4v) is 3.66. The minimum absolute atomic E-state index is 0.115. The highest BCUT2D eigenvalue weighted by molar-refractivity contribution is 6.08. The van der Waals surface area contributed by atoms with E-state index in [9.17, 15) is 4.79 Å². The van der Waals surface area contributed by atoms with Gasteiger partial charge in [-0.15, -0.1) is 0 Å². The normalized spacial score (nSPS) is 14.9. The fraction of sp³-hybridized carbons (Fsp3) is 0.0400. The van der Waals surface area contributed by atoms with Gasteiger partial charge in [0, 0.05) is 11.4 Å². The third kappa shape index (κ3) is 3.37. The number of anilines is 2. The number of aromatic nitrogens is 2. The van der Waals surface area contributed by atoms with E-state index in [1.54, 1.807) is 6.20 Å². The van der Waals surface area contributed by atoms with Crippen molar-refractivity contribution in [3.05, 3.63) is 120 Å². The lowest BCUT2D eigenvalue weighted by atomic mass is 10.0. The molecule has 0 saturated heterocycles. The topological polar surface area (TPSA) is 59.0 Å². The van der Waals surface area contributed by atoms with E-state index in [1.165, 1.54) is 0 Å². The number of fused-ring (bicyclic) bond motifs is 1. The molecular formula is C25H20N4O. The lowest BCUT2D eigenvalue weighted by Gasteiger charge is -2.26. The van der Waals surface area contributed by atoms with Crippen molar-refractivity contribution in [2.24, 2.45) is 0 Å². The number of carbonyl (C=O) groups excluding carboxylic acids is 1. The molecule has 3 aromatic carbocycles. The van der Waals surface area contributed by atoms with E-state index in [1.807, 2.05) is 71.4 Å². The van der Waals surface area contributed by atoms with Crippen molar-refractivity contribution in [3.8, 4) is 0 Å². The van der Waals surface area contributed by atoms with Crippen molar-refractivity contribution in [1.29, 1.82) is 0 Å². The van der Waals surface area contributed by atoms with E-state index in [0.29, 0.717) is 11.4 Å². The van der Waals surface area contributed by atoms with E-state index >= 15 is 0 Å². The number of para-hydroxylation sites is 1. The number of hydrogen-bond acceptors (Lipinski definition) is 3. The zero-order valence-electron chi connectivity index (χ0n) is 16.2. The molecule has 0 saturated carbocycles. The van der Waals surface area contributed by atoms with Crippen LogP contribution in [0.1, 0.15) is 27.5 Å². The fourth-order valence-electron chi connectivity index (χ4n) is 3.66. The molecule has 0 unspecified atom stereocenters. The molecule has 0 fully saturated rings. The maximum absolute atomic E-state index is 13.0. The van der Waals surface area contributed by atoms with Crippen molar-refractivity contribution >= 4 is 23.1 Å². The molecule has 0 bridgehead atoms. The van der Waals surface area contributed by atoms with Gasteiger partial charge in [0.25, 0.3) is 5.91 Å². The first-order valence-electron chi connectivity index (χ1n) is 9.83.